The fraction of sp³-hybridized carbons (Fsp3) is 0.615. The minimum atomic E-state index is -1.27. The topological polar surface area (TPSA) is 57.0 Å². The van der Waals surface area contributed by atoms with Gasteiger partial charge >= 0.3 is 17.7 Å². The summed E-state index contributed by atoms with van der Waals surface area (Å²) in [6.45, 7) is 12.4. The zero-order valence-corrected chi connectivity index (χ0v) is 10.0. The standard InChI is InChI=1S/C13H13NO4/c1-6(2)11(15)17-10-7-4-8-9(5-7)13(10,14-3)18-12(8)16/h7-10H,1,4-5H2,2H3. The van der Waals surface area contributed by atoms with Crippen molar-refractivity contribution in [1.82, 2.24) is 0 Å². The second-order valence-electron chi connectivity index (χ2n) is 5.34. The molecule has 5 heteroatoms. The predicted octanol–water partition coefficient (Wildman–Crippen LogP) is 1.30. The summed E-state index contributed by atoms with van der Waals surface area (Å²) in [7, 11) is 0. The lowest BCUT2D eigenvalue weighted by Crippen LogP contribution is -2.46. The van der Waals surface area contributed by atoms with Gasteiger partial charge in [0.1, 0.15) is 0 Å². The summed E-state index contributed by atoms with van der Waals surface area (Å²) in [4.78, 5) is 26.8. The first-order chi connectivity index (χ1) is 8.49. The number of carbonyl (C=O) groups excluding carboxylic acids is 2. The van der Waals surface area contributed by atoms with Gasteiger partial charge in [-0.25, -0.2) is 11.4 Å². The molecule has 94 valence electrons. The number of hydrogen-bond acceptors (Lipinski definition) is 4. The van der Waals surface area contributed by atoms with Crippen molar-refractivity contribution in [2.75, 3.05) is 0 Å². The Labute approximate surface area is 105 Å². The summed E-state index contributed by atoms with van der Waals surface area (Å²) >= 11 is 0. The largest absolute Gasteiger partial charge is 0.446 e. The highest BCUT2D eigenvalue weighted by Crippen LogP contribution is 2.62. The Hall–Kier alpha value is -1.83. The highest BCUT2D eigenvalue weighted by atomic mass is 16.6. The summed E-state index contributed by atoms with van der Waals surface area (Å²) in [5.74, 6) is -1.06. The van der Waals surface area contributed by atoms with Crippen LogP contribution in [0, 0.1) is 24.3 Å². The van der Waals surface area contributed by atoms with Crippen LogP contribution in [-0.4, -0.2) is 23.8 Å². The normalized spacial score (nSPS) is 43.4. The van der Waals surface area contributed by atoms with Gasteiger partial charge in [-0.2, -0.15) is 0 Å². The van der Waals surface area contributed by atoms with Crippen LogP contribution < -0.4 is 0 Å². The summed E-state index contributed by atoms with van der Waals surface area (Å²) in [6.07, 6.45) is 0.758. The number of carbonyl (C=O) groups is 2. The van der Waals surface area contributed by atoms with Gasteiger partial charge < -0.3 is 9.47 Å². The number of ether oxygens (including phenoxy) is 2. The van der Waals surface area contributed by atoms with E-state index in [2.05, 4.69) is 11.4 Å². The highest BCUT2D eigenvalue weighted by molar-refractivity contribution is 5.87. The molecule has 2 saturated carbocycles. The van der Waals surface area contributed by atoms with Gasteiger partial charge in [0.05, 0.1) is 11.8 Å². The Morgan fingerprint density at radius 2 is 2.33 bits per heavy atom. The molecule has 0 aromatic heterocycles. The molecule has 2 bridgehead atoms. The molecule has 0 aromatic carbocycles. The van der Waals surface area contributed by atoms with Crippen molar-refractivity contribution in [3.05, 3.63) is 23.6 Å². The van der Waals surface area contributed by atoms with Crippen LogP contribution in [0.4, 0.5) is 0 Å². The number of hydrogen-bond donors (Lipinski definition) is 0. The predicted molar refractivity (Wildman–Crippen MR) is 59.8 cm³/mol. The Kier molecular flexibility index (Phi) is 2.10. The van der Waals surface area contributed by atoms with Crippen LogP contribution in [0.3, 0.4) is 0 Å². The number of esters is 2. The van der Waals surface area contributed by atoms with E-state index in [9.17, 15) is 9.59 Å². The van der Waals surface area contributed by atoms with E-state index in [0.29, 0.717) is 12.0 Å². The van der Waals surface area contributed by atoms with Crippen LogP contribution in [0.1, 0.15) is 19.8 Å². The maximum Gasteiger partial charge on any atom is 0.418 e. The molecule has 3 aliphatic rings. The number of fused-ring (bicyclic) bond motifs is 1. The molecule has 5 nitrogen and oxygen atoms in total. The highest BCUT2D eigenvalue weighted by Gasteiger charge is 2.78. The minimum absolute atomic E-state index is 0.0591. The molecule has 3 rings (SSSR count). The van der Waals surface area contributed by atoms with Crippen molar-refractivity contribution < 1.29 is 19.1 Å². The summed E-state index contributed by atoms with van der Waals surface area (Å²) < 4.78 is 10.6. The van der Waals surface area contributed by atoms with Crippen molar-refractivity contribution >= 4 is 11.9 Å². The quantitative estimate of drug-likeness (QED) is 0.419. The van der Waals surface area contributed by atoms with Crippen molar-refractivity contribution in [3.8, 4) is 0 Å². The molecule has 2 aliphatic carbocycles. The number of rotatable bonds is 2. The SMILES string of the molecule is [C-]#[N+]C12OC(=O)C3CC(CC31)C2OC(=O)C(=C)C. The van der Waals surface area contributed by atoms with Crippen LogP contribution in [-0.2, 0) is 19.1 Å². The average molecular weight is 247 g/mol. The van der Waals surface area contributed by atoms with Gasteiger partial charge in [0.2, 0.25) is 6.10 Å². The maximum atomic E-state index is 11.7. The molecule has 0 amide bonds. The van der Waals surface area contributed by atoms with Crippen LogP contribution in [0.2, 0.25) is 0 Å². The Morgan fingerprint density at radius 1 is 1.61 bits per heavy atom. The second kappa shape index (κ2) is 3.35. The van der Waals surface area contributed by atoms with E-state index in [1.807, 2.05) is 0 Å². The number of nitrogens with zero attached hydrogens (tertiary/aromatic N) is 1. The first-order valence-corrected chi connectivity index (χ1v) is 5.97. The van der Waals surface area contributed by atoms with E-state index in [0.717, 1.165) is 6.42 Å². The van der Waals surface area contributed by atoms with Crippen LogP contribution >= 0.6 is 0 Å². The fourth-order valence-corrected chi connectivity index (χ4v) is 3.53. The fourth-order valence-electron chi connectivity index (χ4n) is 3.53. The molecule has 1 saturated heterocycles. The summed E-state index contributed by atoms with van der Waals surface area (Å²) in [6, 6.07) is 0. The Balaban J connectivity index is 1.93. The van der Waals surface area contributed by atoms with E-state index in [1.165, 1.54) is 0 Å². The maximum absolute atomic E-state index is 11.7. The second-order valence-corrected chi connectivity index (χ2v) is 5.34. The van der Waals surface area contributed by atoms with Gasteiger partial charge in [-0.1, -0.05) is 6.58 Å². The van der Waals surface area contributed by atoms with Crippen molar-refractivity contribution in [2.24, 2.45) is 17.8 Å². The zero-order valence-electron chi connectivity index (χ0n) is 10.0. The van der Waals surface area contributed by atoms with E-state index in [4.69, 9.17) is 16.0 Å². The third-order valence-corrected chi connectivity index (χ3v) is 4.29. The molecule has 1 heterocycles. The molecular formula is C13H13NO4. The molecule has 3 fully saturated rings. The molecule has 0 spiro atoms. The summed E-state index contributed by atoms with van der Waals surface area (Å²) in [5.41, 5.74) is -0.978. The third kappa shape index (κ3) is 1.15. The molecule has 0 N–H and O–H groups in total. The molecule has 0 radical (unpaired) electrons. The molecule has 0 aromatic rings. The van der Waals surface area contributed by atoms with Crippen molar-refractivity contribution in [1.29, 1.82) is 0 Å². The minimum Gasteiger partial charge on any atom is -0.446 e. The smallest absolute Gasteiger partial charge is 0.418 e. The lowest BCUT2D eigenvalue weighted by atomic mass is 9.84. The van der Waals surface area contributed by atoms with Crippen molar-refractivity contribution in [2.45, 2.75) is 31.6 Å². The first kappa shape index (κ1) is 11.3. The molecule has 5 atom stereocenters. The van der Waals surface area contributed by atoms with E-state index < -0.39 is 17.8 Å². The van der Waals surface area contributed by atoms with Crippen LogP contribution in [0.25, 0.3) is 4.85 Å². The van der Waals surface area contributed by atoms with Gasteiger partial charge in [0.25, 0.3) is 0 Å². The van der Waals surface area contributed by atoms with E-state index >= 15 is 0 Å². The first-order valence-electron chi connectivity index (χ1n) is 5.97. The average Bonchev–Trinajstić information content (AvgIpc) is 2.91. The van der Waals surface area contributed by atoms with E-state index in [-0.39, 0.29) is 23.7 Å². The third-order valence-electron chi connectivity index (χ3n) is 4.29. The van der Waals surface area contributed by atoms with Crippen molar-refractivity contribution in [3.63, 3.8) is 0 Å². The molecule has 18 heavy (non-hydrogen) atoms. The van der Waals surface area contributed by atoms with Crippen LogP contribution in [0.5, 0.6) is 0 Å². The lowest BCUT2D eigenvalue weighted by molar-refractivity contribution is -0.167. The monoisotopic (exact) mass is 247 g/mol. The van der Waals surface area contributed by atoms with Crippen LogP contribution in [0.15, 0.2) is 12.2 Å². The molecular weight excluding hydrogens is 234 g/mol. The van der Waals surface area contributed by atoms with E-state index in [1.54, 1.807) is 6.92 Å². The molecule has 1 aliphatic heterocycles. The van der Waals surface area contributed by atoms with Gasteiger partial charge in [0, 0.05) is 11.5 Å². The van der Waals surface area contributed by atoms with Gasteiger partial charge in [-0.3, -0.25) is 9.64 Å². The van der Waals surface area contributed by atoms with Gasteiger partial charge in [-0.05, 0) is 19.8 Å². The van der Waals surface area contributed by atoms with Gasteiger partial charge in [-0.15, -0.1) is 0 Å². The molecule has 5 unspecified atom stereocenters. The Bertz CT molecular complexity index is 506. The van der Waals surface area contributed by atoms with Gasteiger partial charge in [0.15, 0.2) is 0 Å². The zero-order chi connectivity index (χ0) is 13.1. The lowest BCUT2D eigenvalue weighted by Gasteiger charge is -2.27. The summed E-state index contributed by atoms with van der Waals surface area (Å²) in [5, 5.41) is 0. The Morgan fingerprint density at radius 3 is 2.94 bits per heavy atom.